The first-order valence-corrected chi connectivity index (χ1v) is 15.6. The lowest BCUT2D eigenvalue weighted by Crippen LogP contribution is -2.55. The van der Waals surface area contributed by atoms with E-state index in [1.165, 1.54) is 25.7 Å². The van der Waals surface area contributed by atoms with Crippen LogP contribution in [0.25, 0.3) is 0 Å². The minimum absolute atomic E-state index is 0.125. The molecular weight excluding hydrogens is 502 g/mol. The zero-order valence-corrected chi connectivity index (χ0v) is 26.2. The Kier molecular flexibility index (Phi) is 14.0. The minimum atomic E-state index is -0.816. The van der Waals surface area contributed by atoms with Crippen molar-refractivity contribution in [2.75, 3.05) is 6.54 Å². The number of carbonyl (C=O) groups is 3. The van der Waals surface area contributed by atoms with Gasteiger partial charge >= 0.3 is 6.09 Å². The van der Waals surface area contributed by atoms with Crippen LogP contribution in [0.1, 0.15) is 129 Å². The van der Waals surface area contributed by atoms with Gasteiger partial charge in [0.25, 0.3) is 0 Å². The van der Waals surface area contributed by atoms with E-state index in [0.29, 0.717) is 6.54 Å². The molecule has 1 aromatic carbocycles. The van der Waals surface area contributed by atoms with Crippen LogP contribution in [0.2, 0.25) is 0 Å². The summed E-state index contributed by atoms with van der Waals surface area (Å²) in [6.45, 7) is 13.8. The quantitative estimate of drug-likeness (QED) is 0.236. The first-order chi connectivity index (χ1) is 18.9. The van der Waals surface area contributed by atoms with Gasteiger partial charge in [0.1, 0.15) is 17.7 Å². The van der Waals surface area contributed by atoms with E-state index in [2.05, 4.69) is 17.6 Å². The summed E-state index contributed by atoms with van der Waals surface area (Å²) in [5.41, 5.74) is 1.11. The minimum Gasteiger partial charge on any atom is -0.444 e. The number of hydrogen-bond acceptors (Lipinski definition) is 4. The third kappa shape index (κ3) is 11.1. The highest BCUT2D eigenvalue weighted by molar-refractivity contribution is 5.92. The maximum Gasteiger partial charge on any atom is 0.408 e. The average molecular weight is 558 g/mol. The maximum absolute atomic E-state index is 14.4. The fraction of sp³-hybridized carbons (Fsp3) is 0.727. The number of unbranched alkanes of at least 4 members (excludes halogenated alkanes) is 5. The number of nitrogens with one attached hydrogen (secondary N) is 2. The van der Waals surface area contributed by atoms with Crippen molar-refractivity contribution in [3.63, 3.8) is 0 Å². The van der Waals surface area contributed by atoms with Gasteiger partial charge in [0.2, 0.25) is 11.8 Å². The molecule has 0 aromatic heterocycles. The van der Waals surface area contributed by atoms with E-state index >= 15 is 0 Å². The molecule has 7 heteroatoms. The standard InChI is InChI=1S/C33H55N3O4/c1-8-9-10-11-12-18-23-36(31(38)28(24(2)3)35-32(39)40-33(5,6)7)29(27-22-17-16-19-25(27)4)30(37)34-26-20-14-13-15-21-26/h16-17,19,22,24,26,28-29H,8-15,18,20-21,23H2,1-7H3,(H,34,37)(H,35,39). The molecule has 1 aliphatic carbocycles. The molecule has 2 rings (SSSR count). The van der Waals surface area contributed by atoms with Gasteiger partial charge in [-0.15, -0.1) is 0 Å². The third-order valence-electron chi connectivity index (χ3n) is 7.64. The SMILES string of the molecule is CCCCCCCCN(C(=O)C(NC(=O)OC(C)(C)C)C(C)C)C(C(=O)NC1CCCCC1)c1ccccc1C. The Bertz CT molecular complexity index is 934. The summed E-state index contributed by atoms with van der Waals surface area (Å²) >= 11 is 0. The number of aryl methyl sites for hydroxylation is 1. The van der Waals surface area contributed by atoms with Crippen molar-refractivity contribution in [3.8, 4) is 0 Å². The molecule has 1 saturated carbocycles. The second kappa shape index (κ2) is 16.6. The van der Waals surface area contributed by atoms with E-state index in [1.807, 2.05) is 45.0 Å². The van der Waals surface area contributed by atoms with E-state index in [0.717, 1.165) is 56.1 Å². The molecule has 2 N–H and O–H groups in total. The lowest BCUT2D eigenvalue weighted by atomic mass is 9.93. The Hall–Kier alpha value is -2.57. The predicted molar refractivity (Wildman–Crippen MR) is 162 cm³/mol. The number of carbonyl (C=O) groups excluding carboxylic acids is 3. The van der Waals surface area contributed by atoms with Crippen LogP contribution in [0.15, 0.2) is 24.3 Å². The van der Waals surface area contributed by atoms with Gasteiger partial charge in [-0.05, 0) is 64.0 Å². The Morgan fingerprint density at radius 1 is 0.975 bits per heavy atom. The summed E-state index contributed by atoms with van der Waals surface area (Å²) in [5, 5.41) is 6.12. The maximum atomic E-state index is 14.4. The van der Waals surface area contributed by atoms with Crippen LogP contribution < -0.4 is 10.6 Å². The number of hydrogen-bond donors (Lipinski definition) is 2. The van der Waals surface area contributed by atoms with Crippen LogP contribution in [0.3, 0.4) is 0 Å². The number of nitrogens with zero attached hydrogens (tertiary/aromatic N) is 1. The molecule has 0 radical (unpaired) electrons. The highest BCUT2D eigenvalue weighted by atomic mass is 16.6. The highest BCUT2D eigenvalue weighted by Gasteiger charge is 2.38. The molecule has 0 saturated heterocycles. The number of benzene rings is 1. The molecule has 0 aliphatic heterocycles. The molecule has 7 nitrogen and oxygen atoms in total. The van der Waals surface area contributed by atoms with Gasteiger partial charge in [-0.1, -0.05) is 96.4 Å². The number of rotatable bonds is 14. The Morgan fingerprint density at radius 2 is 1.60 bits per heavy atom. The molecule has 3 amide bonds. The molecule has 2 atom stereocenters. The Balaban J connectivity index is 2.42. The number of alkyl carbamates (subject to hydrolysis) is 1. The monoisotopic (exact) mass is 557 g/mol. The molecule has 1 aromatic rings. The largest absolute Gasteiger partial charge is 0.444 e. The normalized spacial score (nSPS) is 15.8. The van der Waals surface area contributed by atoms with Gasteiger partial charge in [-0.25, -0.2) is 4.79 Å². The van der Waals surface area contributed by atoms with Crippen molar-refractivity contribution in [2.45, 2.75) is 143 Å². The second-order valence-corrected chi connectivity index (χ2v) is 12.8. The fourth-order valence-corrected chi connectivity index (χ4v) is 5.43. The molecule has 2 unspecified atom stereocenters. The Morgan fingerprint density at radius 3 is 2.20 bits per heavy atom. The summed E-state index contributed by atoms with van der Waals surface area (Å²) < 4.78 is 5.50. The molecule has 1 fully saturated rings. The van der Waals surface area contributed by atoms with Crippen LogP contribution in [0, 0.1) is 12.8 Å². The molecule has 226 valence electrons. The van der Waals surface area contributed by atoms with Crippen molar-refractivity contribution in [3.05, 3.63) is 35.4 Å². The summed E-state index contributed by atoms with van der Waals surface area (Å²) in [4.78, 5) is 42.9. The van der Waals surface area contributed by atoms with Gasteiger partial charge < -0.3 is 20.3 Å². The van der Waals surface area contributed by atoms with E-state index in [4.69, 9.17) is 4.74 Å². The summed E-state index contributed by atoms with van der Waals surface area (Å²) in [7, 11) is 0. The molecule has 40 heavy (non-hydrogen) atoms. The second-order valence-electron chi connectivity index (χ2n) is 12.8. The van der Waals surface area contributed by atoms with Gasteiger partial charge in [-0.3, -0.25) is 9.59 Å². The zero-order chi connectivity index (χ0) is 29.7. The smallest absolute Gasteiger partial charge is 0.408 e. The topological polar surface area (TPSA) is 87.7 Å². The third-order valence-corrected chi connectivity index (χ3v) is 7.64. The van der Waals surface area contributed by atoms with E-state index in [9.17, 15) is 14.4 Å². The van der Waals surface area contributed by atoms with Crippen LogP contribution in [-0.4, -0.2) is 47.0 Å². The van der Waals surface area contributed by atoms with Crippen molar-refractivity contribution in [2.24, 2.45) is 5.92 Å². The summed E-state index contributed by atoms with van der Waals surface area (Å²) in [5.74, 6) is -0.576. The van der Waals surface area contributed by atoms with Gasteiger partial charge in [-0.2, -0.15) is 0 Å². The average Bonchev–Trinajstić information content (AvgIpc) is 2.88. The van der Waals surface area contributed by atoms with Crippen LogP contribution in [0.5, 0.6) is 0 Å². The molecule has 1 aliphatic rings. The number of ether oxygens (including phenoxy) is 1. The highest BCUT2D eigenvalue weighted by Crippen LogP contribution is 2.28. The van der Waals surface area contributed by atoms with Crippen LogP contribution >= 0.6 is 0 Å². The fourth-order valence-electron chi connectivity index (χ4n) is 5.43. The zero-order valence-electron chi connectivity index (χ0n) is 26.2. The van der Waals surface area contributed by atoms with Crippen molar-refractivity contribution in [1.82, 2.24) is 15.5 Å². The van der Waals surface area contributed by atoms with E-state index in [-0.39, 0.29) is 23.8 Å². The van der Waals surface area contributed by atoms with Crippen LogP contribution in [-0.2, 0) is 14.3 Å². The first kappa shape index (κ1) is 33.6. The van der Waals surface area contributed by atoms with Gasteiger partial charge in [0.15, 0.2) is 0 Å². The lowest BCUT2D eigenvalue weighted by molar-refractivity contribution is -0.143. The molecular formula is C33H55N3O4. The van der Waals surface area contributed by atoms with Gasteiger partial charge in [0.05, 0.1) is 0 Å². The summed E-state index contributed by atoms with van der Waals surface area (Å²) in [6.07, 6.45) is 11.1. The van der Waals surface area contributed by atoms with Crippen molar-refractivity contribution in [1.29, 1.82) is 0 Å². The molecule has 0 heterocycles. The molecule has 0 bridgehead atoms. The predicted octanol–water partition coefficient (Wildman–Crippen LogP) is 7.22. The summed E-state index contributed by atoms with van der Waals surface area (Å²) in [6, 6.07) is 6.36. The number of amides is 3. The van der Waals surface area contributed by atoms with Crippen molar-refractivity contribution < 1.29 is 19.1 Å². The van der Waals surface area contributed by atoms with Crippen LogP contribution in [0.4, 0.5) is 4.79 Å². The molecule has 0 spiro atoms. The lowest BCUT2D eigenvalue weighted by Gasteiger charge is -2.37. The van der Waals surface area contributed by atoms with E-state index in [1.54, 1.807) is 25.7 Å². The first-order valence-electron chi connectivity index (χ1n) is 15.6. The van der Waals surface area contributed by atoms with E-state index < -0.39 is 23.8 Å². The van der Waals surface area contributed by atoms with Crippen molar-refractivity contribution >= 4 is 17.9 Å². The Labute approximate surface area is 243 Å². The van der Waals surface area contributed by atoms with Gasteiger partial charge in [0, 0.05) is 12.6 Å².